The maximum Gasteiger partial charge on any atom is 0.252 e. The molecule has 10 heteroatoms. The van der Waals surface area contributed by atoms with Crippen LogP contribution in [0.1, 0.15) is 49.5 Å². The van der Waals surface area contributed by atoms with Crippen LogP contribution in [0.2, 0.25) is 5.02 Å². The van der Waals surface area contributed by atoms with Crippen LogP contribution < -0.4 is 10.2 Å². The summed E-state index contributed by atoms with van der Waals surface area (Å²) in [6, 6.07) is 16.0. The van der Waals surface area contributed by atoms with Crippen LogP contribution in [0, 0.1) is 12.8 Å². The van der Waals surface area contributed by atoms with Crippen molar-refractivity contribution in [3.8, 4) is 11.5 Å². The number of benzene rings is 2. The predicted octanol–water partition coefficient (Wildman–Crippen LogP) is 7.17. The Morgan fingerprint density at radius 2 is 1.66 bits per heavy atom. The molecule has 1 aliphatic heterocycles. The van der Waals surface area contributed by atoms with E-state index >= 15 is 0 Å². The van der Waals surface area contributed by atoms with Crippen LogP contribution >= 0.6 is 11.6 Å². The standard InChI is InChI=1S/C31H33ClN6O3/c1-18(2)17-21-5-7-22(8-6-21)19(3)28-36-37-30(41-28)25-20(4)40-29-26(25)27(38-13-15-39-16-14-38)34-31(35-29)33-24-11-9-23(32)10-12-24/h5-12,18-19H,13-17H2,1-4H3,(H,33,34,35). The number of nitrogens with one attached hydrogen (secondary N) is 1. The second-order valence-corrected chi connectivity index (χ2v) is 11.3. The van der Waals surface area contributed by atoms with Gasteiger partial charge in [-0.1, -0.05) is 49.7 Å². The highest BCUT2D eigenvalue weighted by atomic mass is 35.5. The summed E-state index contributed by atoms with van der Waals surface area (Å²) in [6.07, 6.45) is 1.05. The number of anilines is 3. The fourth-order valence-electron chi connectivity index (χ4n) is 5.14. The smallest absolute Gasteiger partial charge is 0.252 e. The molecule has 0 saturated carbocycles. The molecule has 5 aromatic rings. The van der Waals surface area contributed by atoms with E-state index in [4.69, 9.17) is 35.1 Å². The molecule has 1 saturated heterocycles. The maximum atomic E-state index is 6.30. The second kappa shape index (κ2) is 11.5. The average Bonchev–Trinajstić information content (AvgIpc) is 3.58. The average molecular weight is 573 g/mol. The van der Waals surface area contributed by atoms with Gasteiger partial charge in [-0.3, -0.25) is 0 Å². The molecule has 0 spiro atoms. The van der Waals surface area contributed by atoms with E-state index in [0.717, 1.165) is 28.9 Å². The normalized spacial score (nSPS) is 14.6. The van der Waals surface area contributed by atoms with E-state index in [1.807, 2.05) is 31.2 Å². The molecule has 1 fully saturated rings. The highest BCUT2D eigenvalue weighted by Gasteiger charge is 2.28. The summed E-state index contributed by atoms with van der Waals surface area (Å²) >= 11 is 6.06. The van der Waals surface area contributed by atoms with E-state index in [1.54, 1.807) is 0 Å². The third-order valence-electron chi connectivity index (χ3n) is 7.27. The molecular weight excluding hydrogens is 540 g/mol. The summed E-state index contributed by atoms with van der Waals surface area (Å²) in [5, 5.41) is 13.6. The van der Waals surface area contributed by atoms with Crippen molar-refractivity contribution < 1.29 is 13.6 Å². The van der Waals surface area contributed by atoms with Gasteiger partial charge in [0.15, 0.2) is 0 Å². The molecule has 1 atom stereocenters. The van der Waals surface area contributed by atoms with E-state index in [9.17, 15) is 0 Å². The number of fused-ring (bicyclic) bond motifs is 1. The lowest BCUT2D eigenvalue weighted by molar-refractivity contribution is 0.122. The number of morpholine rings is 1. The minimum atomic E-state index is -0.0621. The topological polar surface area (TPSA) is 102 Å². The van der Waals surface area contributed by atoms with Crippen LogP contribution in [0.5, 0.6) is 0 Å². The van der Waals surface area contributed by atoms with E-state index in [-0.39, 0.29) is 5.92 Å². The van der Waals surface area contributed by atoms with Crippen LogP contribution in [0.15, 0.2) is 57.4 Å². The first kappa shape index (κ1) is 27.2. The Morgan fingerprint density at radius 1 is 0.927 bits per heavy atom. The second-order valence-electron chi connectivity index (χ2n) is 10.8. The first-order chi connectivity index (χ1) is 19.9. The minimum Gasteiger partial charge on any atom is -0.442 e. The lowest BCUT2D eigenvalue weighted by Gasteiger charge is -2.28. The van der Waals surface area contributed by atoms with Crippen LogP contribution in [0.25, 0.3) is 22.6 Å². The molecule has 1 N–H and O–H groups in total. The van der Waals surface area contributed by atoms with Gasteiger partial charge in [0.2, 0.25) is 17.6 Å². The number of furan rings is 1. The van der Waals surface area contributed by atoms with E-state index in [0.29, 0.717) is 72.0 Å². The SMILES string of the molecule is Cc1oc2nc(Nc3ccc(Cl)cc3)nc(N3CCOCC3)c2c1-c1nnc(C(C)c2ccc(CC(C)C)cc2)o1. The summed E-state index contributed by atoms with van der Waals surface area (Å²) < 4.78 is 18.1. The number of hydrogen-bond acceptors (Lipinski definition) is 9. The van der Waals surface area contributed by atoms with Gasteiger partial charge in [-0.05, 0) is 61.6 Å². The van der Waals surface area contributed by atoms with Crippen molar-refractivity contribution in [1.82, 2.24) is 20.2 Å². The minimum absolute atomic E-state index is 0.0621. The lowest BCUT2D eigenvalue weighted by atomic mass is 9.97. The number of aryl methyl sites for hydroxylation is 1. The highest BCUT2D eigenvalue weighted by Crippen LogP contribution is 2.40. The van der Waals surface area contributed by atoms with Gasteiger partial charge < -0.3 is 23.8 Å². The van der Waals surface area contributed by atoms with Crippen molar-refractivity contribution in [2.24, 2.45) is 5.92 Å². The van der Waals surface area contributed by atoms with Crippen molar-refractivity contribution >= 4 is 40.2 Å². The summed E-state index contributed by atoms with van der Waals surface area (Å²) in [5.41, 5.74) is 4.41. The molecule has 1 unspecified atom stereocenters. The van der Waals surface area contributed by atoms with Crippen molar-refractivity contribution in [2.45, 2.75) is 40.0 Å². The molecule has 0 amide bonds. The Labute approximate surface area is 243 Å². The molecule has 3 aromatic heterocycles. The molecule has 2 aromatic carbocycles. The van der Waals surface area contributed by atoms with E-state index < -0.39 is 0 Å². The number of aromatic nitrogens is 4. The van der Waals surface area contributed by atoms with Crippen molar-refractivity contribution in [3.63, 3.8) is 0 Å². The first-order valence-corrected chi connectivity index (χ1v) is 14.3. The highest BCUT2D eigenvalue weighted by molar-refractivity contribution is 6.30. The fraction of sp³-hybridized carbons (Fsp3) is 0.355. The van der Waals surface area contributed by atoms with Crippen LogP contribution in [-0.2, 0) is 11.2 Å². The molecule has 212 valence electrons. The number of nitrogens with zero attached hydrogens (tertiary/aromatic N) is 5. The zero-order chi connectivity index (χ0) is 28.5. The van der Waals surface area contributed by atoms with E-state index in [2.05, 4.69) is 65.5 Å². The van der Waals surface area contributed by atoms with Gasteiger partial charge in [0.05, 0.1) is 30.1 Å². The Bertz CT molecular complexity index is 1640. The van der Waals surface area contributed by atoms with E-state index in [1.165, 1.54) is 5.56 Å². The molecule has 9 nitrogen and oxygen atoms in total. The Morgan fingerprint density at radius 3 is 2.37 bits per heavy atom. The maximum absolute atomic E-state index is 6.30. The quantitative estimate of drug-likeness (QED) is 0.207. The molecular formula is C31H33ClN6O3. The lowest BCUT2D eigenvalue weighted by Crippen LogP contribution is -2.37. The molecule has 1 aliphatic rings. The van der Waals surface area contributed by atoms with Gasteiger partial charge in [0, 0.05) is 23.8 Å². The Hall–Kier alpha value is -3.95. The number of halogens is 1. The Kier molecular flexibility index (Phi) is 7.64. The molecule has 0 aliphatic carbocycles. The fourth-order valence-corrected chi connectivity index (χ4v) is 5.27. The largest absolute Gasteiger partial charge is 0.442 e. The van der Waals surface area contributed by atoms with Crippen molar-refractivity contribution in [1.29, 1.82) is 0 Å². The summed E-state index contributed by atoms with van der Waals surface area (Å²) in [4.78, 5) is 11.8. The third kappa shape index (κ3) is 5.78. The van der Waals surface area contributed by atoms with Gasteiger partial charge in [0.1, 0.15) is 11.6 Å². The van der Waals surface area contributed by atoms with Gasteiger partial charge in [-0.25, -0.2) is 0 Å². The van der Waals surface area contributed by atoms with Crippen molar-refractivity contribution in [3.05, 3.63) is 76.3 Å². The number of rotatable bonds is 8. The van der Waals surface area contributed by atoms with Gasteiger partial charge in [-0.15, -0.1) is 10.2 Å². The van der Waals surface area contributed by atoms with Crippen molar-refractivity contribution in [2.75, 3.05) is 36.5 Å². The number of hydrogen-bond donors (Lipinski definition) is 1. The number of ether oxygens (including phenoxy) is 1. The third-order valence-corrected chi connectivity index (χ3v) is 7.52. The van der Waals surface area contributed by atoms with Gasteiger partial charge in [0.25, 0.3) is 5.89 Å². The predicted molar refractivity (Wildman–Crippen MR) is 160 cm³/mol. The van der Waals surface area contributed by atoms with Crippen LogP contribution in [0.4, 0.5) is 17.5 Å². The summed E-state index contributed by atoms with van der Waals surface area (Å²) in [5.74, 6) is 3.26. The summed E-state index contributed by atoms with van der Waals surface area (Å²) in [6.45, 7) is 11.0. The molecule has 41 heavy (non-hydrogen) atoms. The molecule has 0 radical (unpaired) electrons. The van der Waals surface area contributed by atoms with Crippen LogP contribution in [-0.4, -0.2) is 46.5 Å². The zero-order valence-corrected chi connectivity index (χ0v) is 24.4. The van der Waals surface area contributed by atoms with Gasteiger partial charge >= 0.3 is 0 Å². The molecule has 0 bridgehead atoms. The zero-order valence-electron chi connectivity index (χ0n) is 23.6. The van der Waals surface area contributed by atoms with Gasteiger partial charge in [-0.2, -0.15) is 9.97 Å². The molecule has 4 heterocycles. The first-order valence-electron chi connectivity index (χ1n) is 13.9. The monoisotopic (exact) mass is 572 g/mol. The Balaban J connectivity index is 1.37. The molecule has 6 rings (SSSR count). The van der Waals surface area contributed by atoms with Crippen LogP contribution in [0.3, 0.4) is 0 Å². The summed E-state index contributed by atoms with van der Waals surface area (Å²) in [7, 11) is 0.